The van der Waals surface area contributed by atoms with Crippen LogP contribution in [-0.2, 0) is 0 Å². The van der Waals surface area contributed by atoms with Crippen molar-refractivity contribution < 1.29 is 9.53 Å². The van der Waals surface area contributed by atoms with Crippen LogP contribution < -0.4 is 10.1 Å². The van der Waals surface area contributed by atoms with Crippen molar-refractivity contribution in [3.8, 4) is 11.9 Å². The Labute approximate surface area is 118 Å². The number of carbonyl (C=O) groups is 1. The molecule has 2 heterocycles. The van der Waals surface area contributed by atoms with E-state index in [2.05, 4.69) is 21.3 Å². The topological polar surface area (TPSA) is 78.2 Å². The van der Waals surface area contributed by atoms with Gasteiger partial charge in [0.25, 0.3) is 5.91 Å². The molecule has 1 aromatic heterocycles. The van der Waals surface area contributed by atoms with E-state index in [0.717, 1.165) is 13.1 Å². The maximum atomic E-state index is 12.3. The maximum absolute atomic E-state index is 12.3. The average Bonchev–Trinajstić information content (AvgIpc) is 2.49. The molecule has 1 aliphatic rings. The van der Waals surface area contributed by atoms with Gasteiger partial charge in [-0.25, -0.2) is 4.98 Å². The van der Waals surface area contributed by atoms with Crippen molar-refractivity contribution in [2.45, 2.75) is 18.4 Å². The molecule has 0 radical (unpaired) electrons. The standard InChI is InChI=1S/C14H18N4O2/c1-18-8-5-14(10-15,6-9-18)17-12(19)11-4-3-7-16-13(11)20-2/h3-4,7H,5-6,8-9H2,1-2H3,(H,17,19). The van der Waals surface area contributed by atoms with Crippen LogP contribution in [0.3, 0.4) is 0 Å². The van der Waals surface area contributed by atoms with Gasteiger partial charge in [0.15, 0.2) is 0 Å². The summed E-state index contributed by atoms with van der Waals surface area (Å²) in [4.78, 5) is 18.5. The minimum atomic E-state index is -0.801. The van der Waals surface area contributed by atoms with Crippen molar-refractivity contribution in [1.82, 2.24) is 15.2 Å². The Hall–Kier alpha value is -2.13. The lowest BCUT2D eigenvalue weighted by Gasteiger charge is -2.36. The van der Waals surface area contributed by atoms with Crippen LogP contribution in [0.1, 0.15) is 23.2 Å². The van der Waals surface area contributed by atoms with Crippen LogP contribution in [0.15, 0.2) is 18.3 Å². The average molecular weight is 274 g/mol. The van der Waals surface area contributed by atoms with Crippen molar-refractivity contribution in [3.63, 3.8) is 0 Å². The molecule has 0 aliphatic carbocycles. The van der Waals surface area contributed by atoms with Gasteiger partial charge < -0.3 is 15.0 Å². The smallest absolute Gasteiger partial charge is 0.258 e. The van der Waals surface area contributed by atoms with Crippen molar-refractivity contribution in [3.05, 3.63) is 23.9 Å². The molecule has 0 aromatic carbocycles. The van der Waals surface area contributed by atoms with Crippen molar-refractivity contribution in [2.24, 2.45) is 0 Å². The summed E-state index contributed by atoms with van der Waals surface area (Å²) in [5.41, 5.74) is -0.451. The summed E-state index contributed by atoms with van der Waals surface area (Å²) < 4.78 is 5.08. The number of piperidine rings is 1. The van der Waals surface area contributed by atoms with E-state index < -0.39 is 5.54 Å². The van der Waals surface area contributed by atoms with E-state index in [9.17, 15) is 10.1 Å². The highest BCUT2D eigenvalue weighted by atomic mass is 16.5. The van der Waals surface area contributed by atoms with Gasteiger partial charge in [-0.1, -0.05) is 0 Å². The Kier molecular flexibility index (Phi) is 4.20. The molecule has 6 nitrogen and oxygen atoms in total. The van der Waals surface area contributed by atoms with Crippen molar-refractivity contribution >= 4 is 5.91 Å². The van der Waals surface area contributed by atoms with Crippen LogP contribution in [0.2, 0.25) is 0 Å². The normalized spacial score (nSPS) is 18.1. The Balaban J connectivity index is 2.16. The molecule has 106 valence electrons. The number of pyridine rings is 1. The number of rotatable bonds is 3. The number of likely N-dealkylation sites (tertiary alicyclic amines) is 1. The van der Waals surface area contributed by atoms with Crippen LogP contribution in [-0.4, -0.2) is 48.6 Å². The molecule has 1 saturated heterocycles. The second kappa shape index (κ2) is 5.88. The first kappa shape index (κ1) is 14.3. The fourth-order valence-corrected chi connectivity index (χ4v) is 2.28. The van der Waals surface area contributed by atoms with Crippen LogP contribution in [0.25, 0.3) is 0 Å². The summed E-state index contributed by atoms with van der Waals surface area (Å²) >= 11 is 0. The zero-order valence-corrected chi connectivity index (χ0v) is 11.7. The molecule has 6 heteroatoms. The van der Waals surface area contributed by atoms with Gasteiger partial charge in [0.1, 0.15) is 11.1 Å². The number of nitrogens with one attached hydrogen (secondary N) is 1. The highest BCUT2D eigenvalue weighted by Crippen LogP contribution is 2.22. The first-order valence-electron chi connectivity index (χ1n) is 6.51. The third-order valence-electron chi connectivity index (χ3n) is 3.62. The van der Waals surface area contributed by atoms with E-state index >= 15 is 0 Å². The molecule has 1 aromatic rings. The zero-order chi connectivity index (χ0) is 14.6. The SMILES string of the molecule is COc1ncccc1C(=O)NC1(C#N)CCN(C)CC1. The molecule has 2 rings (SSSR count). The van der Waals surface area contributed by atoms with Gasteiger partial charge in [0.2, 0.25) is 5.88 Å². The maximum Gasteiger partial charge on any atom is 0.258 e. The zero-order valence-electron chi connectivity index (χ0n) is 11.7. The van der Waals surface area contributed by atoms with E-state index in [0.29, 0.717) is 18.4 Å². The first-order valence-corrected chi connectivity index (χ1v) is 6.51. The molecular formula is C14H18N4O2. The number of hydrogen-bond acceptors (Lipinski definition) is 5. The molecule has 1 N–H and O–H groups in total. The Morgan fingerprint density at radius 1 is 1.55 bits per heavy atom. The summed E-state index contributed by atoms with van der Waals surface area (Å²) in [6.07, 6.45) is 2.80. The summed E-state index contributed by atoms with van der Waals surface area (Å²) in [6.45, 7) is 1.58. The molecule has 0 spiro atoms. The monoisotopic (exact) mass is 274 g/mol. The molecule has 0 atom stereocenters. The number of methoxy groups -OCH3 is 1. The number of ether oxygens (including phenoxy) is 1. The third-order valence-corrected chi connectivity index (χ3v) is 3.62. The van der Waals surface area contributed by atoms with E-state index in [1.807, 2.05) is 7.05 Å². The van der Waals surface area contributed by atoms with Crippen LogP contribution in [0.5, 0.6) is 5.88 Å². The van der Waals surface area contributed by atoms with Gasteiger partial charge in [0, 0.05) is 19.3 Å². The van der Waals surface area contributed by atoms with Gasteiger partial charge in [-0.15, -0.1) is 0 Å². The summed E-state index contributed by atoms with van der Waals surface area (Å²) in [5.74, 6) is -0.0490. The predicted molar refractivity (Wildman–Crippen MR) is 73.3 cm³/mol. The second-order valence-corrected chi connectivity index (χ2v) is 5.01. The van der Waals surface area contributed by atoms with Crippen molar-refractivity contribution in [2.75, 3.05) is 27.2 Å². The van der Waals surface area contributed by atoms with E-state index in [1.54, 1.807) is 18.3 Å². The van der Waals surface area contributed by atoms with Gasteiger partial charge in [0.05, 0.1) is 13.2 Å². The van der Waals surface area contributed by atoms with Gasteiger partial charge in [-0.2, -0.15) is 5.26 Å². The molecule has 20 heavy (non-hydrogen) atoms. The molecule has 1 fully saturated rings. The minimum absolute atomic E-state index is 0.269. The minimum Gasteiger partial charge on any atom is -0.480 e. The van der Waals surface area contributed by atoms with Crippen LogP contribution >= 0.6 is 0 Å². The number of nitrogens with zero attached hydrogens (tertiary/aromatic N) is 3. The Morgan fingerprint density at radius 3 is 2.85 bits per heavy atom. The Bertz CT molecular complexity index is 530. The number of carbonyl (C=O) groups excluding carboxylic acids is 1. The Morgan fingerprint density at radius 2 is 2.25 bits per heavy atom. The predicted octanol–water partition coefficient (Wildman–Crippen LogP) is 0.808. The molecule has 0 unspecified atom stereocenters. The fourth-order valence-electron chi connectivity index (χ4n) is 2.28. The quantitative estimate of drug-likeness (QED) is 0.882. The summed E-state index contributed by atoms with van der Waals surface area (Å²) in [6, 6.07) is 5.57. The fraction of sp³-hybridized carbons (Fsp3) is 0.500. The lowest BCUT2D eigenvalue weighted by atomic mass is 9.89. The number of nitriles is 1. The molecular weight excluding hydrogens is 256 g/mol. The molecule has 0 saturated carbocycles. The van der Waals surface area contributed by atoms with Gasteiger partial charge in [-0.3, -0.25) is 4.79 Å². The van der Waals surface area contributed by atoms with E-state index in [-0.39, 0.29) is 11.8 Å². The third kappa shape index (κ3) is 2.89. The van der Waals surface area contributed by atoms with Crippen LogP contribution in [0, 0.1) is 11.3 Å². The van der Waals surface area contributed by atoms with Crippen LogP contribution in [0.4, 0.5) is 0 Å². The highest BCUT2D eigenvalue weighted by molar-refractivity contribution is 5.97. The highest BCUT2D eigenvalue weighted by Gasteiger charge is 2.36. The molecule has 1 amide bonds. The lowest BCUT2D eigenvalue weighted by molar-refractivity contribution is 0.0878. The molecule has 0 bridgehead atoms. The molecule has 1 aliphatic heterocycles. The van der Waals surface area contributed by atoms with Gasteiger partial charge >= 0.3 is 0 Å². The number of aromatic nitrogens is 1. The summed E-state index contributed by atoms with van der Waals surface area (Å²) in [7, 11) is 3.47. The van der Waals surface area contributed by atoms with E-state index in [4.69, 9.17) is 4.74 Å². The second-order valence-electron chi connectivity index (χ2n) is 5.01. The largest absolute Gasteiger partial charge is 0.480 e. The first-order chi connectivity index (χ1) is 9.60. The van der Waals surface area contributed by atoms with Crippen molar-refractivity contribution in [1.29, 1.82) is 5.26 Å². The lowest BCUT2D eigenvalue weighted by Crippen LogP contribution is -2.53. The van der Waals surface area contributed by atoms with Gasteiger partial charge in [-0.05, 0) is 32.0 Å². The van der Waals surface area contributed by atoms with E-state index in [1.165, 1.54) is 7.11 Å². The number of hydrogen-bond donors (Lipinski definition) is 1. The summed E-state index contributed by atoms with van der Waals surface area (Å²) in [5, 5.41) is 12.3. The number of amides is 1.